The first-order chi connectivity index (χ1) is 12.7. The molecule has 2 aliphatic rings. The molecule has 10 heteroatoms. The van der Waals surface area contributed by atoms with Gasteiger partial charge in [-0.2, -0.15) is 0 Å². The minimum absolute atomic E-state index is 0.0000878. The third-order valence-corrected chi connectivity index (χ3v) is 6.81. The van der Waals surface area contributed by atoms with Gasteiger partial charge in [-0.25, -0.2) is 8.42 Å². The molecule has 2 aliphatic heterocycles. The van der Waals surface area contributed by atoms with Crippen LogP contribution in [0.25, 0.3) is 0 Å². The first-order valence-corrected chi connectivity index (χ1v) is 10.8. The Morgan fingerprint density at radius 3 is 2.70 bits per heavy atom. The van der Waals surface area contributed by atoms with Crippen LogP contribution in [0.15, 0.2) is 24.3 Å². The van der Waals surface area contributed by atoms with Crippen LogP contribution < -0.4 is 15.8 Å². The van der Waals surface area contributed by atoms with Crippen molar-refractivity contribution in [3.05, 3.63) is 29.3 Å². The minimum Gasteiger partial charge on any atom is -0.312 e. The van der Waals surface area contributed by atoms with E-state index >= 15 is 0 Å². The zero-order valence-electron chi connectivity index (χ0n) is 14.5. The van der Waals surface area contributed by atoms with Crippen molar-refractivity contribution < 1.29 is 22.8 Å². The van der Waals surface area contributed by atoms with Crippen LogP contribution in [0.3, 0.4) is 0 Å². The molecule has 2 heterocycles. The largest absolute Gasteiger partial charge is 0.312 e. The number of halogens is 1. The summed E-state index contributed by atoms with van der Waals surface area (Å²) in [4.78, 5) is 37.8. The highest BCUT2D eigenvalue weighted by molar-refractivity contribution is 7.91. The molecule has 2 unspecified atom stereocenters. The molecule has 0 bridgehead atoms. The van der Waals surface area contributed by atoms with Crippen molar-refractivity contribution in [3.8, 4) is 0 Å². The fourth-order valence-electron chi connectivity index (χ4n) is 3.36. The van der Waals surface area contributed by atoms with E-state index in [0.717, 1.165) is 0 Å². The Morgan fingerprint density at radius 2 is 2.04 bits per heavy atom. The lowest BCUT2D eigenvalue weighted by molar-refractivity contribution is -0.131. The van der Waals surface area contributed by atoms with Gasteiger partial charge < -0.3 is 4.90 Å². The van der Waals surface area contributed by atoms with E-state index < -0.39 is 27.6 Å². The molecule has 2 atom stereocenters. The van der Waals surface area contributed by atoms with E-state index in [1.54, 1.807) is 24.3 Å². The van der Waals surface area contributed by atoms with Gasteiger partial charge in [-0.3, -0.25) is 25.2 Å². The predicted molar refractivity (Wildman–Crippen MR) is 99.6 cm³/mol. The number of carbonyl (C=O) groups excluding carboxylic acids is 3. The van der Waals surface area contributed by atoms with Crippen molar-refractivity contribution in [2.24, 2.45) is 11.8 Å². The third-order valence-electron chi connectivity index (χ3n) is 4.74. The molecule has 1 aromatic rings. The summed E-state index contributed by atoms with van der Waals surface area (Å²) in [5.41, 5.74) is 5.26. The number of sulfone groups is 1. The Bertz CT molecular complexity index is 873. The highest BCUT2D eigenvalue weighted by Crippen LogP contribution is 2.27. The van der Waals surface area contributed by atoms with Crippen LogP contribution in [0.5, 0.6) is 0 Å². The van der Waals surface area contributed by atoms with Gasteiger partial charge in [0.2, 0.25) is 17.7 Å². The monoisotopic (exact) mass is 413 g/mol. The Morgan fingerprint density at radius 1 is 1.26 bits per heavy atom. The average Bonchev–Trinajstić information content (AvgIpc) is 3.15. The maximum Gasteiger partial charge on any atom is 0.243 e. The number of hydrogen-bond donors (Lipinski definition) is 2. The van der Waals surface area contributed by atoms with Crippen molar-refractivity contribution in [2.75, 3.05) is 23.0 Å². The second-order valence-corrected chi connectivity index (χ2v) is 9.56. The molecule has 3 amide bonds. The molecular formula is C17H20ClN3O5S. The zero-order valence-corrected chi connectivity index (χ0v) is 16.1. The number of nitrogens with one attached hydrogen (secondary N) is 2. The van der Waals surface area contributed by atoms with Crippen LogP contribution in [0, 0.1) is 11.8 Å². The van der Waals surface area contributed by atoms with E-state index in [-0.39, 0.29) is 42.7 Å². The summed E-state index contributed by atoms with van der Waals surface area (Å²) < 4.78 is 22.8. The summed E-state index contributed by atoms with van der Waals surface area (Å²) in [6.45, 7) is 0.196. The van der Waals surface area contributed by atoms with Crippen molar-refractivity contribution >= 4 is 44.8 Å². The van der Waals surface area contributed by atoms with Crippen molar-refractivity contribution in [1.29, 1.82) is 0 Å². The molecular weight excluding hydrogens is 394 g/mol. The van der Waals surface area contributed by atoms with Crippen molar-refractivity contribution in [3.63, 3.8) is 0 Å². The van der Waals surface area contributed by atoms with E-state index in [4.69, 9.17) is 11.6 Å². The van der Waals surface area contributed by atoms with Crippen LogP contribution in [-0.2, 0) is 24.2 Å². The number of hydrazine groups is 1. The molecule has 0 aromatic heterocycles. The molecule has 146 valence electrons. The molecule has 3 rings (SSSR count). The lowest BCUT2D eigenvalue weighted by atomic mass is 10.1. The number of hydrogen-bond acceptors (Lipinski definition) is 5. The lowest BCUT2D eigenvalue weighted by Gasteiger charge is -2.17. The van der Waals surface area contributed by atoms with E-state index in [1.807, 2.05) is 0 Å². The molecule has 0 aliphatic carbocycles. The molecule has 2 N–H and O–H groups in total. The highest BCUT2D eigenvalue weighted by atomic mass is 35.5. The van der Waals surface area contributed by atoms with Gasteiger partial charge in [0.1, 0.15) is 0 Å². The van der Waals surface area contributed by atoms with Gasteiger partial charge in [0, 0.05) is 30.1 Å². The summed E-state index contributed by atoms with van der Waals surface area (Å²) in [5.74, 6) is -1.82. The van der Waals surface area contributed by atoms with Gasteiger partial charge in [-0.1, -0.05) is 17.7 Å². The Hall–Kier alpha value is -2.13. The predicted octanol–water partition coefficient (Wildman–Crippen LogP) is 0.665. The molecule has 27 heavy (non-hydrogen) atoms. The van der Waals surface area contributed by atoms with Crippen LogP contribution in [0.2, 0.25) is 5.02 Å². The molecule has 2 saturated heterocycles. The van der Waals surface area contributed by atoms with Crippen molar-refractivity contribution in [1.82, 2.24) is 10.9 Å². The smallest absolute Gasteiger partial charge is 0.243 e. The number of nitrogens with zero attached hydrogens (tertiary/aromatic N) is 1. The van der Waals surface area contributed by atoms with E-state index in [1.165, 1.54) is 4.90 Å². The number of carbonyl (C=O) groups is 3. The fourth-order valence-corrected chi connectivity index (χ4v) is 5.40. The van der Waals surface area contributed by atoms with Gasteiger partial charge in [0.15, 0.2) is 9.84 Å². The Balaban J connectivity index is 1.49. The van der Waals surface area contributed by atoms with Gasteiger partial charge >= 0.3 is 0 Å². The Labute approximate surface area is 162 Å². The standard InChI is InChI=1S/C17H20ClN3O5S/c18-13-2-1-3-14(8-13)21-9-12(7-16(21)23)17(24)20-19-15(22)6-11-4-5-27(25,26)10-11/h1-3,8,11-12H,4-7,9-10H2,(H,19,22)(H,20,24). The van der Waals surface area contributed by atoms with Crippen molar-refractivity contribution in [2.45, 2.75) is 19.3 Å². The van der Waals surface area contributed by atoms with Gasteiger partial charge in [0.05, 0.1) is 17.4 Å². The van der Waals surface area contributed by atoms with Gasteiger partial charge in [-0.15, -0.1) is 0 Å². The van der Waals surface area contributed by atoms with Crippen LogP contribution in [-0.4, -0.2) is 44.2 Å². The third kappa shape index (κ3) is 4.98. The van der Waals surface area contributed by atoms with Crippen LogP contribution in [0.1, 0.15) is 19.3 Å². The maximum atomic E-state index is 12.3. The second-order valence-electron chi connectivity index (χ2n) is 6.90. The topological polar surface area (TPSA) is 113 Å². The summed E-state index contributed by atoms with van der Waals surface area (Å²) in [6, 6.07) is 6.81. The quantitative estimate of drug-likeness (QED) is 0.704. The normalized spacial score (nSPS) is 24.0. The van der Waals surface area contributed by atoms with Crippen LogP contribution in [0.4, 0.5) is 5.69 Å². The number of rotatable bonds is 4. The van der Waals surface area contributed by atoms with E-state index in [9.17, 15) is 22.8 Å². The number of amides is 3. The summed E-state index contributed by atoms with van der Waals surface area (Å²) in [6.07, 6.45) is 0.530. The van der Waals surface area contributed by atoms with Crippen LogP contribution >= 0.6 is 11.6 Å². The SMILES string of the molecule is O=C(CC1CCS(=O)(=O)C1)NNC(=O)C1CC(=O)N(c2cccc(Cl)c2)C1. The zero-order chi connectivity index (χ0) is 19.6. The summed E-state index contributed by atoms with van der Waals surface area (Å²) >= 11 is 5.94. The molecule has 2 fully saturated rings. The molecule has 0 radical (unpaired) electrons. The summed E-state index contributed by atoms with van der Waals surface area (Å²) in [5, 5.41) is 0.495. The van der Waals surface area contributed by atoms with E-state index in [2.05, 4.69) is 10.9 Å². The minimum atomic E-state index is -3.05. The first-order valence-electron chi connectivity index (χ1n) is 8.58. The average molecular weight is 414 g/mol. The Kier molecular flexibility index (Phi) is 5.71. The first kappa shape index (κ1) is 19.6. The molecule has 1 aromatic carbocycles. The van der Waals surface area contributed by atoms with E-state index in [0.29, 0.717) is 17.1 Å². The molecule has 0 saturated carbocycles. The molecule has 8 nitrogen and oxygen atoms in total. The fraction of sp³-hybridized carbons (Fsp3) is 0.471. The highest BCUT2D eigenvalue weighted by Gasteiger charge is 2.35. The van der Waals surface area contributed by atoms with Gasteiger partial charge in [-0.05, 0) is 30.5 Å². The van der Waals surface area contributed by atoms with Gasteiger partial charge in [0.25, 0.3) is 0 Å². The maximum absolute atomic E-state index is 12.3. The second kappa shape index (κ2) is 7.85. The summed E-state index contributed by atoms with van der Waals surface area (Å²) in [7, 11) is -3.05. The lowest BCUT2D eigenvalue weighted by Crippen LogP contribution is -2.45. The molecule has 0 spiro atoms. The number of benzene rings is 1. The number of anilines is 1.